The van der Waals surface area contributed by atoms with Crippen LogP contribution in [0.3, 0.4) is 0 Å². The van der Waals surface area contributed by atoms with Gasteiger partial charge in [-0.15, -0.1) is 0 Å². The second kappa shape index (κ2) is 7.70. The zero-order valence-corrected chi connectivity index (χ0v) is 11.5. The summed E-state index contributed by atoms with van der Waals surface area (Å²) in [7, 11) is 4.63. The lowest BCUT2D eigenvalue weighted by atomic mass is 10.2. The molecule has 0 saturated heterocycles. The number of benzene rings is 1. The zero-order chi connectivity index (χ0) is 14.3. The number of methoxy groups -OCH3 is 3. The molecule has 0 aromatic heterocycles. The molecule has 19 heavy (non-hydrogen) atoms. The predicted molar refractivity (Wildman–Crippen MR) is 71.3 cm³/mol. The van der Waals surface area contributed by atoms with Crippen molar-refractivity contribution in [2.24, 2.45) is 5.73 Å². The Labute approximate surface area is 113 Å². The Morgan fingerprint density at radius 2 is 1.68 bits per heavy atom. The Morgan fingerprint density at radius 3 is 2.11 bits per heavy atom. The Bertz CT molecular complexity index is 372. The maximum absolute atomic E-state index is 8.83. The van der Waals surface area contributed by atoms with Gasteiger partial charge in [0.15, 0.2) is 11.5 Å². The van der Waals surface area contributed by atoms with Crippen molar-refractivity contribution in [3.05, 3.63) is 12.1 Å². The summed E-state index contributed by atoms with van der Waals surface area (Å²) >= 11 is 0. The van der Waals surface area contributed by atoms with Crippen LogP contribution in [-0.2, 0) is 0 Å². The smallest absolute Gasteiger partial charge is 0.203 e. The molecule has 108 valence electrons. The van der Waals surface area contributed by atoms with Crippen molar-refractivity contribution in [1.82, 2.24) is 0 Å². The standard InChI is InChI=1S/C13H21NO5/c1-16-11-6-10(19-5-4-9(14)8-15)7-12(17-2)13(11)18-3/h6-7,9,15H,4-5,8,14H2,1-3H3. The number of ether oxygens (including phenoxy) is 4. The molecule has 0 spiro atoms. The molecule has 1 aromatic rings. The molecule has 0 saturated carbocycles. The lowest BCUT2D eigenvalue weighted by Gasteiger charge is -2.15. The van der Waals surface area contributed by atoms with Crippen molar-refractivity contribution < 1.29 is 24.1 Å². The number of rotatable bonds is 8. The van der Waals surface area contributed by atoms with Crippen molar-refractivity contribution in [3.63, 3.8) is 0 Å². The summed E-state index contributed by atoms with van der Waals surface area (Å²) < 4.78 is 21.2. The minimum Gasteiger partial charge on any atom is -0.493 e. The summed E-state index contributed by atoms with van der Waals surface area (Å²) in [6, 6.07) is 3.15. The van der Waals surface area contributed by atoms with E-state index < -0.39 is 0 Å². The van der Waals surface area contributed by atoms with Gasteiger partial charge in [-0.3, -0.25) is 0 Å². The van der Waals surface area contributed by atoms with E-state index in [9.17, 15) is 0 Å². The number of hydrogen-bond donors (Lipinski definition) is 2. The molecule has 0 bridgehead atoms. The molecule has 6 heteroatoms. The van der Waals surface area contributed by atoms with Crippen molar-refractivity contribution in [3.8, 4) is 23.0 Å². The predicted octanol–water partition coefficient (Wildman–Crippen LogP) is 0.801. The molecule has 0 aliphatic heterocycles. The van der Waals surface area contributed by atoms with Gasteiger partial charge in [0.2, 0.25) is 5.75 Å². The van der Waals surface area contributed by atoms with Crippen LogP contribution < -0.4 is 24.7 Å². The van der Waals surface area contributed by atoms with E-state index >= 15 is 0 Å². The highest BCUT2D eigenvalue weighted by atomic mass is 16.5. The molecule has 1 atom stereocenters. The number of aliphatic hydroxyl groups excluding tert-OH is 1. The van der Waals surface area contributed by atoms with Gasteiger partial charge in [0.1, 0.15) is 5.75 Å². The summed E-state index contributed by atoms with van der Waals surface area (Å²) in [5.74, 6) is 2.18. The van der Waals surface area contributed by atoms with E-state index in [0.29, 0.717) is 36.0 Å². The van der Waals surface area contributed by atoms with Gasteiger partial charge in [0.05, 0.1) is 34.5 Å². The van der Waals surface area contributed by atoms with Crippen LogP contribution >= 0.6 is 0 Å². The molecule has 1 unspecified atom stereocenters. The van der Waals surface area contributed by atoms with E-state index in [-0.39, 0.29) is 12.6 Å². The fourth-order valence-electron chi connectivity index (χ4n) is 1.56. The lowest BCUT2D eigenvalue weighted by Crippen LogP contribution is -2.26. The van der Waals surface area contributed by atoms with E-state index in [4.69, 9.17) is 29.8 Å². The van der Waals surface area contributed by atoms with Crippen LogP contribution in [0.2, 0.25) is 0 Å². The highest BCUT2D eigenvalue weighted by Gasteiger charge is 2.14. The second-order valence-corrected chi connectivity index (χ2v) is 3.94. The molecule has 0 aliphatic carbocycles. The van der Waals surface area contributed by atoms with Crippen molar-refractivity contribution in [2.45, 2.75) is 12.5 Å². The van der Waals surface area contributed by atoms with Crippen LogP contribution in [0.15, 0.2) is 12.1 Å². The van der Waals surface area contributed by atoms with Crippen LogP contribution in [0.1, 0.15) is 6.42 Å². The van der Waals surface area contributed by atoms with Crippen molar-refractivity contribution >= 4 is 0 Å². The van der Waals surface area contributed by atoms with Gasteiger partial charge in [-0.05, 0) is 6.42 Å². The summed E-state index contributed by atoms with van der Waals surface area (Å²) in [5.41, 5.74) is 5.60. The van der Waals surface area contributed by atoms with Crippen LogP contribution in [0, 0.1) is 0 Å². The molecule has 0 amide bonds. The average molecular weight is 271 g/mol. The van der Waals surface area contributed by atoms with E-state index in [2.05, 4.69) is 0 Å². The summed E-state index contributed by atoms with van der Waals surface area (Å²) in [6.45, 7) is 0.346. The minimum absolute atomic E-state index is 0.0569. The Kier molecular flexibility index (Phi) is 6.24. The van der Waals surface area contributed by atoms with Gasteiger partial charge in [0.25, 0.3) is 0 Å². The molecular weight excluding hydrogens is 250 g/mol. The number of aliphatic hydroxyl groups is 1. The Balaban J connectivity index is 2.79. The van der Waals surface area contributed by atoms with Crippen LogP contribution in [-0.4, -0.2) is 45.7 Å². The van der Waals surface area contributed by atoms with Crippen LogP contribution in [0.25, 0.3) is 0 Å². The summed E-state index contributed by atoms with van der Waals surface area (Å²) in [5, 5.41) is 8.83. The van der Waals surface area contributed by atoms with Crippen LogP contribution in [0.4, 0.5) is 0 Å². The second-order valence-electron chi connectivity index (χ2n) is 3.94. The fraction of sp³-hybridized carbons (Fsp3) is 0.538. The van der Waals surface area contributed by atoms with Crippen LogP contribution in [0.5, 0.6) is 23.0 Å². The van der Waals surface area contributed by atoms with Crippen molar-refractivity contribution in [1.29, 1.82) is 0 Å². The Hall–Kier alpha value is -1.66. The quantitative estimate of drug-likeness (QED) is 0.727. The van der Waals surface area contributed by atoms with Gasteiger partial charge >= 0.3 is 0 Å². The minimum atomic E-state index is -0.276. The largest absolute Gasteiger partial charge is 0.493 e. The zero-order valence-electron chi connectivity index (χ0n) is 11.5. The first-order valence-corrected chi connectivity index (χ1v) is 5.95. The third kappa shape index (κ3) is 4.18. The molecule has 1 aromatic carbocycles. The third-order valence-electron chi connectivity index (χ3n) is 2.63. The highest BCUT2D eigenvalue weighted by molar-refractivity contribution is 5.55. The molecule has 3 N–H and O–H groups in total. The maximum Gasteiger partial charge on any atom is 0.203 e. The van der Waals surface area contributed by atoms with E-state index in [1.165, 1.54) is 0 Å². The third-order valence-corrected chi connectivity index (χ3v) is 2.63. The SMILES string of the molecule is COc1cc(OCCC(N)CO)cc(OC)c1OC. The first-order valence-electron chi connectivity index (χ1n) is 5.95. The molecule has 0 fully saturated rings. The summed E-state index contributed by atoms with van der Waals surface area (Å²) in [4.78, 5) is 0. The van der Waals surface area contributed by atoms with Gasteiger partial charge in [-0.25, -0.2) is 0 Å². The van der Waals surface area contributed by atoms with E-state index in [1.54, 1.807) is 33.5 Å². The molecule has 0 radical (unpaired) electrons. The van der Waals surface area contributed by atoms with E-state index in [0.717, 1.165) is 0 Å². The first-order chi connectivity index (χ1) is 9.15. The number of nitrogens with two attached hydrogens (primary N) is 1. The molecule has 0 aliphatic rings. The van der Waals surface area contributed by atoms with Gasteiger partial charge in [-0.2, -0.15) is 0 Å². The molecule has 0 heterocycles. The van der Waals surface area contributed by atoms with Gasteiger partial charge < -0.3 is 29.8 Å². The highest BCUT2D eigenvalue weighted by Crippen LogP contribution is 2.40. The lowest BCUT2D eigenvalue weighted by molar-refractivity contribution is 0.229. The van der Waals surface area contributed by atoms with Gasteiger partial charge in [-0.1, -0.05) is 0 Å². The molecule has 1 rings (SSSR count). The maximum atomic E-state index is 8.83. The molecule has 6 nitrogen and oxygen atoms in total. The molecular formula is C13H21NO5. The topological polar surface area (TPSA) is 83.2 Å². The number of hydrogen-bond acceptors (Lipinski definition) is 6. The normalized spacial score (nSPS) is 11.8. The van der Waals surface area contributed by atoms with E-state index in [1.807, 2.05) is 0 Å². The average Bonchev–Trinajstić information content (AvgIpc) is 2.45. The van der Waals surface area contributed by atoms with Gasteiger partial charge in [0, 0.05) is 18.2 Å². The fourth-order valence-corrected chi connectivity index (χ4v) is 1.56. The monoisotopic (exact) mass is 271 g/mol. The summed E-state index contributed by atoms with van der Waals surface area (Å²) in [6.07, 6.45) is 0.563. The first kappa shape index (κ1) is 15.4. The van der Waals surface area contributed by atoms with Crippen molar-refractivity contribution in [2.75, 3.05) is 34.5 Å². The Morgan fingerprint density at radius 1 is 1.11 bits per heavy atom.